The van der Waals surface area contributed by atoms with Gasteiger partial charge in [0.05, 0.1) is 11.4 Å². The Morgan fingerprint density at radius 2 is 1.82 bits per heavy atom. The van der Waals surface area contributed by atoms with Gasteiger partial charge in [-0.1, -0.05) is 12.1 Å². The van der Waals surface area contributed by atoms with Gasteiger partial charge in [0, 0.05) is 18.8 Å². The van der Waals surface area contributed by atoms with E-state index in [2.05, 4.69) is 9.97 Å². The highest BCUT2D eigenvalue weighted by Gasteiger charge is 2.34. The van der Waals surface area contributed by atoms with Crippen LogP contribution in [0.25, 0.3) is 0 Å². The molecule has 0 saturated carbocycles. The van der Waals surface area contributed by atoms with Crippen LogP contribution < -0.4 is 9.80 Å². The van der Waals surface area contributed by atoms with Crippen LogP contribution in [0.2, 0.25) is 0 Å². The highest BCUT2D eigenvalue weighted by atomic mass is 16.6. The molecule has 2 heterocycles. The largest absolute Gasteiger partial charge is 0.443 e. The van der Waals surface area contributed by atoms with Crippen LogP contribution in [0.5, 0.6) is 0 Å². The van der Waals surface area contributed by atoms with Crippen molar-refractivity contribution < 1.29 is 14.3 Å². The number of nitrogens with zero attached hydrogens (tertiary/aromatic N) is 4. The van der Waals surface area contributed by atoms with E-state index < -0.39 is 11.7 Å². The predicted molar refractivity (Wildman–Crippen MR) is 108 cm³/mol. The monoisotopic (exact) mass is 382 g/mol. The number of aromatic nitrogens is 2. The molecule has 0 bridgehead atoms. The molecule has 28 heavy (non-hydrogen) atoms. The second kappa shape index (κ2) is 7.58. The fourth-order valence-electron chi connectivity index (χ4n) is 3.21. The van der Waals surface area contributed by atoms with Gasteiger partial charge in [-0.05, 0) is 59.2 Å². The Bertz CT molecular complexity index is 891. The molecular weight excluding hydrogens is 356 g/mol. The van der Waals surface area contributed by atoms with Crippen LogP contribution in [-0.4, -0.2) is 40.2 Å². The van der Waals surface area contributed by atoms with E-state index in [4.69, 9.17) is 4.74 Å². The minimum Gasteiger partial charge on any atom is -0.443 e. The lowest BCUT2D eigenvalue weighted by molar-refractivity contribution is 0.0568. The van der Waals surface area contributed by atoms with E-state index in [1.165, 1.54) is 0 Å². The van der Waals surface area contributed by atoms with Gasteiger partial charge in [0.15, 0.2) is 0 Å². The lowest BCUT2D eigenvalue weighted by Gasteiger charge is -2.31. The Kier molecular flexibility index (Phi) is 5.36. The number of hydrogen-bond donors (Lipinski definition) is 0. The smallest absolute Gasteiger partial charge is 0.415 e. The highest BCUT2D eigenvalue weighted by molar-refractivity contribution is 6.08. The fourth-order valence-corrected chi connectivity index (χ4v) is 3.21. The molecule has 7 heteroatoms. The maximum Gasteiger partial charge on any atom is 0.415 e. The average molecular weight is 382 g/mol. The Labute approximate surface area is 165 Å². The number of rotatable bonds is 1. The minimum atomic E-state index is -0.605. The normalized spacial score (nSPS) is 17.0. The molecular formula is C21H26N4O3. The molecule has 2 aromatic rings. The summed E-state index contributed by atoms with van der Waals surface area (Å²) in [6.07, 6.45) is 1.78. The van der Waals surface area contributed by atoms with E-state index in [0.717, 1.165) is 0 Å². The predicted octanol–water partition coefficient (Wildman–Crippen LogP) is 3.97. The topological polar surface area (TPSA) is 75.6 Å². The zero-order valence-corrected chi connectivity index (χ0v) is 17.0. The molecule has 1 aromatic heterocycles. The number of aryl methyl sites for hydroxylation is 1. The van der Waals surface area contributed by atoms with Crippen molar-refractivity contribution in [2.75, 3.05) is 16.3 Å². The molecule has 0 fully saturated rings. The van der Waals surface area contributed by atoms with E-state index in [-0.39, 0.29) is 11.9 Å². The summed E-state index contributed by atoms with van der Waals surface area (Å²) < 4.78 is 5.62. The second-order valence-electron chi connectivity index (χ2n) is 7.92. The Morgan fingerprint density at radius 3 is 2.46 bits per heavy atom. The summed E-state index contributed by atoms with van der Waals surface area (Å²) in [6.45, 7) is 9.70. The lowest BCUT2D eigenvalue weighted by Crippen LogP contribution is -2.42. The Hall–Kier alpha value is -2.96. The summed E-state index contributed by atoms with van der Waals surface area (Å²) >= 11 is 0. The summed E-state index contributed by atoms with van der Waals surface area (Å²) in [7, 11) is 0. The molecule has 0 aliphatic carbocycles. The maximum atomic E-state index is 13.2. The average Bonchev–Trinajstić information content (AvgIpc) is 2.75. The highest BCUT2D eigenvalue weighted by Crippen LogP contribution is 2.36. The molecule has 2 amide bonds. The van der Waals surface area contributed by atoms with Gasteiger partial charge in [-0.25, -0.2) is 14.8 Å². The van der Waals surface area contributed by atoms with E-state index in [9.17, 15) is 9.59 Å². The number of ether oxygens (including phenoxy) is 1. The number of amides is 2. The van der Waals surface area contributed by atoms with Crippen molar-refractivity contribution in [3.8, 4) is 0 Å². The Morgan fingerprint density at radius 1 is 1.14 bits per heavy atom. The van der Waals surface area contributed by atoms with Crippen molar-refractivity contribution in [3.63, 3.8) is 0 Å². The maximum absolute atomic E-state index is 13.2. The zero-order chi connectivity index (χ0) is 20.5. The van der Waals surface area contributed by atoms with Gasteiger partial charge in [0.1, 0.15) is 17.1 Å². The number of benzene rings is 1. The first-order valence-electron chi connectivity index (χ1n) is 9.40. The van der Waals surface area contributed by atoms with Gasteiger partial charge in [-0.2, -0.15) is 0 Å². The Balaban J connectivity index is 2.02. The lowest BCUT2D eigenvalue weighted by atomic mass is 10.2. The quantitative estimate of drug-likeness (QED) is 0.746. The van der Waals surface area contributed by atoms with E-state index in [0.29, 0.717) is 35.9 Å². The van der Waals surface area contributed by atoms with Gasteiger partial charge in [-0.15, -0.1) is 0 Å². The van der Waals surface area contributed by atoms with Crippen molar-refractivity contribution in [2.45, 2.75) is 52.7 Å². The molecule has 1 aliphatic rings. The van der Waals surface area contributed by atoms with E-state index in [1.807, 2.05) is 52.0 Å². The van der Waals surface area contributed by atoms with Crippen LogP contribution in [0.1, 0.15) is 50.4 Å². The number of hydrogen-bond acceptors (Lipinski definition) is 5. The summed E-state index contributed by atoms with van der Waals surface area (Å²) in [5.74, 6) is 0.328. The van der Waals surface area contributed by atoms with Crippen molar-refractivity contribution in [1.82, 2.24) is 9.97 Å². The third kappa shape index (κ3) is 4.13. The first-order valence-corrected chi connectivity index (χ1v) is 9.40. The zero-order valence-electron chi connectivity index (χ0n) is 17.0. The summed E-state index contributed by atoms with van der Waals surface area (Å²) in [6, 6.07) is 8.88. The number of para-hydroxylation sites is 2. The van der Waals surface area contributed by atoms with Crippen molar-refractivity contribution >= 4 is 23.4 Å². The number of anilines is 2. The summed E-state index contributed by atoms with van der Waals surface area (Å²) in [4.78, 5) is 37.7. The molecule has 7 nitrogen and oxygen atoms in total. The van der Waals surface area contributed by atoms with Crippen LogP contribution in [0.3, 0.4) is 0 Å². The van der Waals surface area contributed by atoms with Gasteiger partial charge in [0.2, 0.25) is 0 Å². The van der Waals surface area contributed by atoms with Gasteiger partial charge in [-0.3, -0.25) is 9.69 Å². The second-order valence-corrected chi connectivity index (χ2v) is 7.92. The SMILES string of the molecule is Cc1nccc(C(=O)N2CCC(C)N(C(=O)OC(C)(C)C)c3ccccc32)n1. The molecule has 1 aromatic carbocycles. The molecule has 148 valence electrons. The molecule has 0 radical (unpaired) electrons. The first-order chi connectivity index (χ1) is 13.2. The van der Waals surface area contributed by atoms with E-state index >= 15 is 0 Å². The molecule has 0 spiro atoms. The molecule has 1 aliphatic heterocycles. The van der Waals surface area contributed by atoms with Crippen LogP contribution >= 0.6 is 0 Å². The third-order valence-corrected chi connectivity index (χ3v) is 4.47. The van der Waals surface area contributed by atoms with E-state index in [1.54, 1.807) is 29.0 Å². The number of carbonyl (C=O) groups excluding carboxylic acids is 2. The fraction of sp³-hybridized carbons (Fsp3) is 0.429. The number of fused-ring (bicyclic) bond motifs is 1. The van der Waals surface area contributed by atoms with Gasteiger partial charge in [0.25, 0.3) is 5.91 Å². The molecule has 0 saturated heterocycles. The van der Waals surface area contributed by atoms with Crippen molar-refractivity contribution in [2.24, 2.45) is 0 Å². The van der Waals surface area contributed by atoms with Crippen LogP contribution in [0, 0.1) is 6.92 Å². The molecule has 0 N–H and O–H groups in total. The van der Waals surface area contributed by atoms with Crippen LogP contribution in [0.15, 0.2) is 36.5 Å². The molecule has 3 rings (SSSR count). The molecule has 1 unspecified atom stereocenters. The van der Waals surface area contributed by atoms with Gasteiger partial charge < -0.3 is 9.64 Å². The standard InChI is InChI=1S/C21H26N4O3/c1-14-11-13-24(19(26)16-10-12-22-15(2)23-16)17-8-6-7-9-18(17)25(14)20(27)28-21(3,4)5/h6-10,12,14H,11,13H2,1-5H3. The first kappa shape index (κ1) is 19.8. The summed E-state index contributed by atoms with van der Waals surface area (Å²) in [5.41, 5.74) is 1.05. The van der Waals surface area contributed by atoms with Crippen molar-refractivity contribution in [3.05, 3.63) is 48.0 Å². The van der Waals surface area contributed by atoms with Gasteiger partial charge >= 0.3 is 6.09 Å². The minimum absolute atomic E-state index is 0.124. The number of carbonyl (C=O) groups is 2. The summed E-state index contributed by atoms with van der Waals surface area (Å²) in [5, 5.41) is 0. The van der Waals surface area contributed by atoms with Crippen LogP contribution in [0.4, 0.5) is 16.2 Å². The van der Waals surface area contributed by atoms with Crippen molar-refractivity contribution in [1.29, 1.82) is 0 Å². The molecule has 1 atom stereocenters. The third-order valence-electron chi connectivity index (χ3n) is 4.47. The van der Waals surface area contributed by atoms with Crippen LogP contribution in [-0.2, 0) is 4.74 Å².